The second-order valence-electron chi connectivity index (χ2n) is 6.34. The van der Waals surface area contributed by atoms with Crippen LogP contribution in [0.25, 0.3) is 0 Å². The van der Waals surface area contributed by atoms with Crippen molar-refractivity contribution in [2.24, 2.45) is 5.16 Å². The van der Waals surface area contributed by atoms with E-state index in [1.165, 1.54) is 18.2 Å². The Hall–Kier alpha value is -4.20. The van der Waals surface area contributed by atoms with Gasteiger partial charge in [0, 0.05) is 24.5 Å². The zero-order chi connectivity index (χ0) is 23.6. The Kier molecular flexibility index (Phi) is 8.13. The number of nitrogens with one attached hydrogen (secondary N) is 4. The molecule has 2 aromatic carbocycles. The van der Waals surface area contributed by atoms with Crippen LogP contribution < -0.4 is 21.3 Å². The van der Waals surface area contributed by atoms with Gasteiger partial charge in [-0.15, -0.1) is 0 Å². The molecule has 0 radical (unpaired) electrons. The van der Waals surface area contributed by atoms with E-state index < -0.39 is 10.7 Å². The van der Waals surface area contributed by atoms with E-state index in [1.54, 1.807) is 24.3 Å². The minimum atomic E-state index is -0.575. The molecular formula is C19H18BrFN8O4. The summed E-state index contributed by atoms with van der Waals surface area (Å²) in [5.74, 6) is -0.195. The molecule has 12 nitrogen and oxygen atoms in total. The third kappa shape index (κ3) is 6.90. The van der Waals surface area contributed by atoms with Crippen LogP contribution in [0.3, 0.4) is 0 Å². The number of halogens is 2. The second kappa shape index (κ2) is 11.4. The first-order valence-electron chi connectivity index (χ1n) is 9.38. The first-order chi connectivity index (χ1) is 16.0. The van der Waals surface area contributed by atoms with E-state index in [4.69, 9.17) is 4.63 Å². The van der Waals surface area contributed by atoms with Crippen molar-refractivity contribution in [3.05, 3.63) is 86.7 Å². The van der Waals surface area contributed by atoms with E-state index in [1.807, 2.05) is 6.07 Å². The average molecular weight is 521 g/mol. The first kappa shape index (κ1) is 23.5. The summed E-state index contributed by atoms with van der Waals surface area (Å²) in [7, 11) is 0. The number of nitrogens with zero attached hydrogens (tertiary/aromatic N) is 4. The highest BCUT2D eigenvalue weighted by Crippen LogP contribution is 2.21. The van der Waals surface area contributed by atoms with Gasteiger partial charge >= 0.3 is 0 Å². The predicted octanol–water partition coefficient (Wildman–Crippen LogP) is 3.41. The number of anilines is 3. The Morgan fingerprint density at radius 1 is 1.18 bits per heavy atom. The molecule has 33 heavy (non-hydrogen) atoms. The van der Waals surface area contributed by atoms with Crippen LogP contribution in [-0.2, 0) is 0 Å². The highest BCUT2D eigenvalue weighted by atomic mass is 79.9. The molecule has 1 heterocycles. The molecule has 0 aliphatic rings. The minimum absolute atomic E-state index is 0.0708. The van der Waals surface area contributed by atoms with Gasteiger partial charge in [-0.2, -0.15) is 0 Å². The Labute approximate surface area is 194 Å². The van der Waals surface area contributed by atoms with E-state index >= 15 is 0 Å². The number of benzene rings is 2. The monoisotopic (exact) mass is 520 g/mol. The predicted molar refractivity (Wildman–Crippen MR) is 122 cm³/mol. The van der Waals surface area contributed by atoms with Gasteiger partial charge < -0.3 is 26.5 Å². The molecule has 0 unspecified atom stereocenters. The quantitative estimate of drug-likeness (QED) is 0.0667. The summed E-state index contributed by atoms with van der Waals surface area (Å²) in [4.78, 5) is 10.3. The molecule has 14 heteroatoms. The van der Waals surface area contributed by atoms with Crippen molar-refractivity contribution in [2.45, 2.75) is 0 Å². The SMILES string of the molecule is O=[N+]([O-])C=C(NCCNc1nonc1C(=NO)Nc1ccc(F)c(Br)c1)Nc1ccccc1. The fourth-order valence-electron chi connectivity index (χ4n) is 2.58. The number of para-hydroxylation sites is 1. The van der Waals surface area contributed by atoms with Gasteiger partial charge in [-0.3, -0.25) is 10.1 Å². The van der Waals surface area contributed by atoms with E-state index in [-0.39, 0.29) is 40.7 Å². The summed E-state index contributed by atoms with van der Waals surface area (Å²) in [6, 6.07) is 13.1. The van der Waals surface area contributed by atoms with Crippen molar-refractivity contribution in [3.63, 3.8) is 0 Å². The van der Waals surface area contributed by atoms with E-state index in [0.717, 1.165) is 6.20 Å². The van der Waals surface area contributed by atoms with Gasteiger partial charge in [0.1, 0.15) is 5.82 Å². The van der Waals surface area contributed by atoms with Gasteiger partial charge in [-0.05, 0) is 56.6 Å². The largest absolute Gasteiger partial charge is 0.409 e. The normalized spacial score (nSPS) is 11.7. The molecule has 3 rings (SSSR count). The van der Waals surface area contributed by atoms with Crippen molar-refractivity contribution in [1.82, 2.24) is 15.6 Å². The Bertz CT molecular complexity index is 1160. The molecule has 0 aliphatic carbocycles. The fourth-order valence-corrected chi connectivity index (χ4v) is 2.96. The molecule has 0 saturated carbocycles. The molecule has 3 aromatic rings. The zero-order valence-electron chi connectivity index (χ0n) is 16.8. The lowest BCUT2D eigenvalue weighted by molar-refractivity contribution is -0.403. The lowest BCUT2D eigenvalue weighted by Crippen LogP contribution is -2.27. The lowest BCUT2D eigenvalue weighted by atomic mass is 10.3. The molecule has 172 valence electrons. The Balaban J connectivity index is 1.59. The summed E-state index contributed by atoms with van der Waals surface area (Å²) in [5, 5.41) is 42.4. The second-order valence-corrected chi connectivity index (χ2v) is 7.19. The number of aromatic nitrogens is 2. The maximum atomic E-state index is 13.4. The molecule has 5 N–H and O–H groups in total. The maximum absolute atomic E-state index is 13.4. The lowest BCUT2D eigenvalue weighted by Gasteiger charge is -2.12. The standard InChI is InChI=1S/C19H18BrFN8O4/c20-14-10-13(6-7-15(14)21)25-19(26-30)17-18(28-33-27-17)23-9-8-22-16(11-29(31)32)24-12-4-2-1-3-5-12/h1-7,10-11,22,24,30H,8-9H2,(H,23,28)(H,25,26). The number of rotatable bonds is 10. The first-order valence-corrected chi connectivity index (χ1v) is 10.2. The zero-order valence-corrected chi connectivity index (χ0v) is 18.4. The Morgan fingerprint density at radius 2 is 1.97 bits per heavy atom. The van der Waals surface area contributed by atoms with Crippen LogP contribution in [0.5, 0.6) is 0 Å². The summed E-state index contributed by atoms with van der Waals surface area (Å²) in [5.41, 5.74) is 1.17. The summed E-state index contributed by atoms with van der Waals surface area (Å²) in [6.45, 7) is 0.517. The van der Waals surface area contributed by atoms with Gasteiger partial charge in [0.15, 0.2) is 11.5 Å². The molecule has 0 aliphatic heterocycles. The van der Waals surface area contributed by atoms with Crippen molar-refractivity contribution in [2.75, 3.05) is 29.0 Å². The van der Waals surface area contributed by atoms with Crippen LogP contribution in [0.4, 0.5) is 21.6 Å². The van der Waals surface area contributed by atoms with E-state index in [0.29, 0.717) is 11.4 Å². The van der Waals surface area contributed by atoms with Gasteiger partial charge in [-0.25, -0.2) is 9.02 Å². The number of hydrogen-bond acceptors (Lipinski definition) is 10. The van der Waals surface area contributed by atoms with Gasteiger partial charge in [0.05, 0.1) is 9.40 Å². The fraction of sp³-hybridized carbons (Fsp3) is 0.105. The number of oxime groups is 1. The van der Waals surface area contributed by atoms with Gasteiger partial charge in [0.25, 0.3) is 6.20 Å². The molecule has 0 spiro atoms. The van der Waals surface area contributed by atoms with Crippen LogP contribution >= 0.6 is 15.9 Å². The molecule has 0 bridgehead atoms. The van der Waals surface area contributed by atoms with Crippen molar-refractivity contribution >= 4 is 39.0 Å². The number of nitro groups is 1. The number of hydrogen-bond donors (Lipinski definition) is 5. The van der Waals surface area contributed by atoms with Crippen LogP contribution in [0, 0.1) is 15.9 Å². The molecule has 1 aromatic heterocycles. The van der Waals surface area contributed by atoms with Gasteiger partial charge in [0.2, 0.25) is 11.7 Å². The summed E-state index contributed by atoms with van der Waals surface area (Å²) < 4.78 is 18.4. The van der Waals surface area contributed by atoms with Crippen LogP contribution in [0.1, 0.15) is 5.69 Å². The third-order valence-electron chi connectivity index (χ3n) is 4.02. The highest BCUT2D eigenvalue weighted by molar-refractivity contribution is 9.10. The molecule has 0 amide bonds. The van der Waals surface area contributed by atoms with E-state index in [9.17, 15) is 19.7 Å². The molecule has 0 fully saturated rings. The maximum Gasteiger partial charge on any atom is 0.274 e. The van der Waals surface area contributed by atoms with Crippen molar-refractivity contribution < 1.29 is 19.2 Å². The number of amidine groups is 1. The topological polar surface area (TPSA) is 163 Å². The molecular weight excluding hydrogens is 503 g/mol. The van der Waals surface area contributed by atoms with Crippen molar-refractivity contribution in [1.29, 1.82) is 0 Å². The van der Waals surface area contributed by atoms with Crippen LogP contribution in [-0.4, -0.2) is 39.4 Å². The summed E-state index contributed by atoms with van der Waals surface area (Å²) >= 11 is 3.08. The highest BCUT2D eigenvalue weighted by Gasteiger charge is 2.18. The Morgan fingerprint density at radius 3 is 2.67 bits per heavy atom. The average Bonchev–Trinajstić information content (AvgIpc) is 3.26. The summed E-state index contributed by atoms with van der Waals surface area (Å²) in [6.07, 6.45) is 0.817. The van der Waals surface area contributed by atoms with Crippen LogP contribution in [0.15, 0.2) is 74.8 Å². The third-order valence-corrected chi connectivity index (χ3v) is 4.62. The van der Waals surface area contributed by atoms with Crippen molar-refractivity contribution in [3.8, 4) is 0 Å². The smallest absolute Gasteiger partial charge is 0.274 e. The minimum Gasteiger partial charge on any atom is -0.409 e. The van der Waals surface area contributed by atoms with E-state index in [2.05, 4.69) is 52.7 Å². The van der Waals surface area contributed by atoms with Gasteiger partial charge in [-0.1, -0.05) is 23.4 Å². The molecule has 0 saturated heterocycles. The molecule has 0 atom stereocenters. The van der Waals surface area contributed by atoms with Crippen LogP contribution in [0.2, 0.25) is 0 Å².